The van der Waals surface area contributed by atoms with Gasteiger partial charge in [0.05, 0.1) is 28.9 Å². The van der Waals surface area contributed by atoms with Gasteiger partial charge in [0.2, 0.25) is 0 Å². The highest BCUT2D eigenvalue weighted by Crippen LogP contribution is 2.28. The van der Waals surface area contributed by atoms with Crippen LogP contribution in [0.3, 0.4) is 0 Å². The highest BCUT2D eigenvalue weighted by molar-refractivity contribution is 6.05. The summed E-state index contributed by atoms with van der Waals surface area (Å²) in [5, 5.41) is 7.03. The summed E-state index contributed by atoms with van der Waals surface area (Å²) < 4.78 is 29.1. The van der Waals surface area contributed by atoms with Crippen LogP contribution in [-0.2, 0) is 9.53 Å². The first kappa shape index (κ1) is 21.2. The number of hydrogen-bond donors (Lipinski definition) is 1. The Kier molecular flexibility index (Phi) is 5.72. The molecule has 2 atom stereocenters. The van der Waals surface area contributed by atoms with Crippen molar-refractivity contribution < 1.29 is 27.7 Å². The molecule has 0 aliphatic carbocycles. The van der Waals surface area contributed by atoms with E-state index in [-0.39, 0.29) is 17.1 Å². The van der Waals surface area contributed by atoms with E-state index in [4.69, 9.17) is 13.7 Å². The quantitative estimate of drug-likeness (QED) is 0.447. The standard InChI is InChI=1S/C23H20FN3O5/c1-12(15-6-8-16(24)9-7-15)25-21(28)14(3)31-23(29)17-11-18(19-5-4-10-30-19)26-22-20(17)13(2)27-32-22/h4-12,14H,1-3H3,(H,25,28). The Bertz CT molecular complexity index is 1270. The smallest absolute Gasteiger partial charge is 0.339 e. The number of benzene rings is 1. The van der Waals surface area contributed by atoms with Crippen LogP contribution in [0.1, 0.15) is 41.5 Å². The van der Waals surface area contributed by atoms with Crippen LogP contribution in [0, 0.1) is 12.7 Å². The van der Waals surface area contributed by atoms with Crippen LogP contribution in [0.2, 0.25) is 0 Å². The minimum absolute atomic E-state index is 0.158. The molecule has 0 aliphatic rings. The molecular formula is C23H20FN3O5. The monoisotopic (exact) mass is 437 g/mol. The highest BCUT2D eigenvalue weighted by atomic mass is 19.1. The molecule has 8 nitrogen and oxygen atoms in total. The van der Waals surface area contributed by atoms with Crippen LogP contribution in [0.25, 0.3) is 22.6 Å². The summed E-state index contributed by atoms with van der Waals surface area (Å²) in [5.41, 5.74) is 1.87. The molecule has 0 radical (unpaired) electrons. The molecule has 4 aromatic rings. The van der Waals surface area contributed by atoms with Gasteiger partial charge in [0.15, 0.2) is 11.9 Å². The third-order valence-electron chi connectivity index (χ3n) is 4.99. The van der Waals surface area contributed by atoms with Gasteiger partial charge in [-0.3, -0.25) is 4.79 Å². The van der Waals surface area contributed by atoms with E-state index in [0.29, 0.717) is 22.5 Å². The average molecular weight is 437 g/mol. The normalized spacial score (nSPS) is 13.0. The number of aryl methyl sites for hydroxylation is 1. The third kappa shape index (κ3) is 4.22. The van der Waals surface area contributed by atoms with Gasteiger partial charge in [-0.2, -0.15) is 0 Å². The maximum absolute atomic E-state index is 13.1. The second-order valence-electron chi connectivity index (χ2n) is 7.31. The Labute approximate surface area is 182 Å². The molecule has 0 fully saturated rings. The zero-order valence-electron chi connectivity index (χ0n) is 17.6. The number of rotatable bonds is 6. The molecule has 1 N–H and O–H groups in total. The van der Waals surface area contributed by atoms with Crippen molar-refractivity contribution in [1.82, 2.24) is 15.5 Å². The van der Waals surface area contributed by atoms with Crippen LogP contribution >= 0.6 is 0 Å². The molecular weight excluding hydrogens is 417 g/mol. The van der Waals surface area contributed by atoms with E-state index in [1.54, 1.807) is 38.1 Å². The summed E-state index contributed by atoms with van der Waals surface area (Å²) in [5.74, 6) is -1.15. The SMILES string of the molecule is Cc1noc2nc(-c3ccco3)cc(C(=O)OC(C)C(=O)NC(C)c3ccc(F)cc3)c12. The second-order valence-corrected chi connectivity index (χ2v) is 7.31. The van der Waals surface area contributed by atoms with E-state index in [9.17, 15) is 14.0 Å². The Morgan fingerprint density at radius 3 is 2.59 bits per heavy atom. The fourth-order valence-electron chi connectivity index (χ4n) is 3.25. The number of hydrogen-bond acceptors (Lipinski definition) is 7. The van der Waals surface area contributed by atoms with Crippen molar-refractivity contribution in [3.8, 4) is 11.5 Å². The lowest BCUT2D eigenvalue weighted by molar-refractivity contribution is -0.129. The number of pyridine rings is 1. The minimum atomic E-state index is -1.08. The molecule has 32 heavy (non-hydrogen) atoms. The molecule has 2 unspecified atom stereocenters. The fraction of sp³-hybridized carbons (Fsp3) is 0.217. The van der Waals surface area contributed by atoms with Crippen molar-refractivity contribution >= 4 is 23.0 Å². The molecule has 3 aromatic heterocycles. The van der Waals surface area contributed by atoms with Gasteiger partial charge in [0.25, 0.3) is 11.6 Å². The maximum Gasteiger partial charge on any atom is 0.339 e. The van der Waals surface area contributed by atoms with E-state index in [1.165, 1.54) is 31.4 Å². The summed E-state index contributed by atoms with van der Waals surface area (Å²) in [6.45, 7) is 4.90. The van der Waals surface area contributed by atoms with E-state index >= 15 is 0 Å². The highest BCUT2D eigenvalue weighted by Gasteiger charge is 2.25. The number of halogens is 1. The molecule has 9 heteroatoms. The van der Waals surface area contributed by atoms with E-state index in [0.717, 1.165) is 5.56 Å². The largest absolute Gasteiger partial charge is 0.463 e. The summed E-state index contributed by atoms with van der Waals surface area (Å²) in [6, 6.07) is 10.3. The number of aromatic nitrogens is 2. The van der Waals surface area contributed by atoms with Crippen molar-refractivity contribution in [3.63, 3.8) is 0 Å². The molecule has 164 valence electrons. The molecule has 4 rings (SSSR count). The first-order valence-corrected chi connectivity index (χ1v) is 9.91. The number of nitrogens with one attached hydrogen (secondary N) is 1. The van der Waals surface area contributed by atoms with Crippen LogP contribution in [-0.4, -0.2) is 28.1 Å². The van der Waals surface area contributed by atoms with Gasteiger partial charge >= 0.3 is 5.97 Å². The van der Waals surface area contributed by atoms with Crippen molar-refractivity contribution in [2.75, 3.05) is 0 Å². The summed E-state index contributed by atoms with van der Waals surface area (Å²) >= 11 is 0. The van der Waals surface area contributed by atoms with Gasteiger partial charge in [-0.05, 0) is 56.7 Å². The predicted molar refractivity (Wildman–Crippen MR) is 112 cm³/mol. The zero-order valence-corrected chi connectivity index (χ0v) is 17.6. The van der Waals surface area contributed by atoms with Crippen molar-refractivity contribution in [3.05, 3.63) is 71.4 Å². The van der Waals surface area contributed by atoms with Crippen LogP contribution in [0.5, 0.6) is 0 Å². The van der Waals surface area contributed by atoms with Crippen LogP contribution in [0.4, 0.5) is 4.39 Å². The number of ether oxygens (including phenoxy) is 1. The van der Waals surface area contributed by atoms with Gasteiger partial charge in [0.1, 0.15) is 11.5 Å². The molecule has 0 saturated heterocycles. The molecule has 1 amide bonds. The van der Waals surface area contributed by atoms with Gasteiger partial charge < -0.3 is 19.0 Å². The lowest BCUT2D eigenvalue weighted by Gasteiger charge is -2.18. The zero-order chi connectivity index (χ0) is 22.8. The lowest BCUT2D eigenvalue weighted by atomic mass is 10.1. The average Bonchev–Trinajstić information content (AvgIpc) is 3.44. The number of esters is 1. The van der Waals surface area contributed by atoms with Gasteiger partial charge in [-0.15, -0.1) is 0 Å². The maximum atomic E-state index is 13.1. The second kappa shape index (κ2) is 8.62. The predicted octanol–water partition coefficient (Wildman–Crippen LogP) is 4.35. The lowest BCUT2D eigenvalue weighted by Crippen LogP contribution is -2.37. The summed E-state index contributed by atoms with van der Waals surface area (Å²) in [4.78, 5) is 29.9. The first-order chi connectivity index (χ1) is 15.3. The van der Waals surface area contributed by atoms with E-state index in [1.807, 2.05) is 0 Å². The Hall–Kier alpha value is -4.01. The fourth-order valence-corrected chi connectivity index (χ4v) is 3.25. The number of carbonyl (C=O) groups excluding carboxylic acids is 2. The number of carbonyl (C=O) groups is 2. The summed E-state index contributed by atoms with van der Waals surface area (Å²) in [6.07, 6.45) is 0.403. The number of amides is 1. The molecule has 0 spiro atoms. The van der Waals surface area contributed by atoms with E-state index in [2.05, 4.69) is 15.5 Å². The molecule has 0 aliphatic heterocycles. The Morgan fingerprint density at radius 1 is 1.16 bits per heavy atom. The van der Waals surface area contributed by atoms with E-state index < -0.39 is 24.0 Å². The van der Waals surface area contributed by atoms with Gasteiger partial charge in [-0.25, -0.2) is 14.2 Å². The first-order valence-electron chi connectivity index (χ1n) is 9.91. The number of fused-ring (bicyclic) bond motifs is 1. The topological polar surface area (TPSA) is 107 Å². The van der Waals surface area contributed by atoms with Crippen molar-refractivity contribution in [2.24, 2.45) is 0 Å². The van der Waals surface area contributed by atoms with Crippen LogP contribution < -0.4 is 5.32 Å². The van der Waals surface area contributed by atoms with Gasteiger partial charge in [-0.1, -0.05) is 17.3 Å². The molecule has 1 aromatic carbocycles. The molecule has 0 saturated carbocycles. The van der Waals surface area contributed by atoms with Gasteiger partial charge in [0, 0.05) is 0 Å². The minimum Gasteiger partial charge on any atom is -0.463 e. The van der Waals surface area contributed by atoms with Crippen LogP contribution in [0.15, 0.2) is 57.7 Å². The third-order valence-corrected chi connectivity index (χ3v) is 4.99. The Balaban J connectivity index is 1.53. The molecule has 0 bridgehead atoms. The molecule has 3 heterocycles. The Morgan fingerprint density at radius 2 is 1.91 bits per heavy atom. The number of furan rings is 1. The summed E-state index contributed by atoms with van der Waals surface area (Å²) in [7, 11) is 0. The van der Waals surface area contributed by atoms with Crippen molar-refractivity contribution in [1.29, 1.82) is 0 Å². The number of nitrogens with zero attached hydrogens (tertiary/aromatic N) is 2. The van der Waals surface area contributed by atoms with Crippen molar-refractivity contribution in [2.45, 2.75) is 32.9 Å².